The minimum atomic E-state index is -0.751. The van der Waals surface area contributed by atoms with Gasteiger partial charge >= 0.3 is 0 Å². The second-order valence-electron chi connectivity index (χ2n) is 3.96. The summed E-state index contributed by atoms with van der Waals surface area (Å²) in [5.74, 6) is -1.68. The molecule has 0 aliphatic heterocycles. The van der Waals surface area contributed by atoms with E-state index in [4.69, 9.17) is 5.73 Å². The van der Waals surface area contributed by atoms with Crippen molar-refractivity contribution in [2.75, 3.05) is 18.4 Å². The van der Waals surface area contributed by atoms with Gasteiger partial charge in [0.2, 0.25) is 11.8 Å². The van der Waals surface area contributed by atoms with Gasteiger partial charge in [0.1, 0.15) is 5.82 Å². The zero-order chi connectivity index (χ0) is 14.4. The predicted octanol–water partition coefficient (Wildman–Crippen LogP) is 0.947. The molecule has 19 heavy (non-hydrogen) atoms. The molecule has 0 aliphatic rings. The van der Waals surface area contributed by atoms with E-state index < -0.39 is 11.7 Å². The van der Waals surface area contributed by atoms with E-state index in [1.54, 1.807) is 6.08 Å². The number of halogens is 1. The summed E-state index contributed by atoms with van der Waals surface area (Å²) in [5.41, 5.74) is 5.59. The van der Waals surface area contributed by atoms with Crippen molar-refractivity contribution in [3.8, 4) is 0 Å². The van der Waals surface area contributed by atoms with Crippen LogP contribution >= 0.6 is 0 Å². The van der Waals surface area contributed by atoms with Gasteiger partial charge in [-0.05, 0) is 19.1 Å². The Hall–Kier alpha value is -2.21. The number of hydrogen-bond donors (Lipinski definition) is 3. The van der Waals surface area contributed by atoms with Gasteiger partial charge < -0.3 is 16.4 Å². The Morgan fingerprint density at radius 3 is 2.74 bits per heavy atom. The lowest BCUT2D eigenvalue weighted by molar-refractivity contribution is -0.115. The largest absolute Gasteiger partial charge is 0.366 e. The molecule has 0 unspecified atom stereocenters. The first-order chi connectivity index (χ1) is 8.95. The van der Waals surface area contributed by atoms with Gasteiger partial charge in [0, 0.05) is 23.4 Å². The molecule has 0 atom stereocenters. The third kappa shape index (κ3) is 4.18. The maximum absolute atomic E-state index is 13.6. The number of nitrogens with two attached hydrogens (primary N) is 1. The van der Waals surface area contributed by atoms with Crippen LogP contribution in [0.5, 0.6) is 0 Å². The molecule has 1 rings (SSSR count). The fraction of sp³-hybridized carbons (Fsp3) is 0.231. The van der Waals surface area contributed by atoms with Crippen LogP contribution in [0.2, 0.25) is 0 Å². The number of carbonyl (C=O) groups is 2. The van der Waals surface area contributed by atoms with E-state index in [-0.39, 0.29) is 29.3 Å². The van der Waals surface area contributed by atoms with Gasteiger partial charge in [-0.15, -0.1) is 6.58 Å². The highest BCUT2D eigenvalue weighted by Gasteiger charge is 2.12. The first kappa shape index (κ1) is 14.8. The van der Waals surface area contributed by atoms with E-state index in [0.29, 0.717) is 6.54 Å². The first-order valence-electron chi connectivity index (χ1n) is 5.67. The molecule has 0 radical (unpaired) electrons. The average Bonchev–Trinajstić information content (AvgIpc) is 2.34. The summed E-state index contributed by atoms with van der Waals surface area (Å²) in [6, 6.07) is 2.40. The summed E-state index contributed by atoms with van der Waals surface area (Å²) in [6.07, 6.45) is 1.62. The monoisotopic (exact) mass is 265 g/mol. The van der Waals surface area contributed by atoms with E-state index in [1.165, 1.54) is 13.0 Å². The molecule has 102 valence electrons. The topological polar surface area (TPSA) is 84.2 Å². The molecule has 0 aliphatic carbocycles. The average molecular weight is 265 g/mol. The molecule has 5 nitrogen and oxygen atoms in total. The van der Waals surface area contributed by atoms with Crippen LogP contribution in [-0.4, -0.2) is 24.9 Å². The summed E-state index contributed by atoms with van der Waals surface area (Å²) in [6.45, 7) is 5.56. The Labute approximate surface area is 110 Å². The summed E-state index contributed by atoms with van der Waals surface area (Å²) in [7, 11) is 0. The fourth-order valence-corrected chi connectivity index (χ4v) is 1.43. The lowest BCUT2D eigenvalue weighted by Gasteiger charge is -2.11. The summed E-state index contributed by atoms with van der Waals surface area (Å²) < 4.78 is 13.6. The maximum Gasteiger partial charge on any atom is 0.248 e. The maximum atomic E-state index is 13.6. The molecule has 0 saturated heterocycles. The molecular weight excluding hydrogens is 249 g/mol. The van der Waals surface area contributed by atoms with Crippen LogP contribution in [-0.2, 0) is 4.79 Å². The number of hydrogen-bond acceptors (Lipinski definition) is 3. The van der Waals surface area contributed by atoms with Crippen LogP contribution in [0, 0.1) is 12.7 Å². The van der Waals surface area contributed by atoms with E-state index in [2.05, 4.69) is 17.2 Å². The van der Waals surface area contributed by atoms with Crippen molar-refractivity contribution in [3.05, 3.63) is 41.7 Å². The van der Waals surface area contributed by atoms with Gasteiger partial charge in [-0.1, -0.05) is 6.08 Å². The fourth-order valence-electron chi connectivity index (χ4n) is 1.43. The molecule has 2 amide bonds. The second kappa shape index (κ2) is 6.65. The predicted molar refractivity (Wildman–Crippen MR) is 71.4 cm³/mol. The molecule has 1 aromatic carbocycles. The summed E-state index contributed by atoms with van der Waals surface area (Å²) in [4.78, 5) is 22.6. The van der Waals surface area contributed by atoms with Crippen LogP contribution in [0.15, 0.2) is 24.8 Å². The quantitative estimate of drug-likeness (QED) is 0.529. The summed E-state index contributed by atoms with van der Waals surface area (Å²) >= 11 is 0. The highest BCUT2D eigenvalue weighted by Crippen LogP contribution is 2.20. The van der Waals surface area contributed by atoms with E-state index in [0.717, 1.165) is 6.07 Å². The van der Waals surface area contributed by atoms with Gasteiger partial charge in [0.25, 0.3) is 0 Å². The van der Waals surface area contributed by atoms with Gasteiger partial charge in [-0.25, -0.2) is 4.39 Å². The first-order valence-corrected chi connectivity index (χ1v) is 5.67. The molecule has 0 heterocycles. The third-order valence-electron chi connectivity index (χ3n) is 2.48. The van der Waals surface area contributed by atoms with Crippen molar-refractivity contribution in [2.24, 2.45) is 5.73 Å². The Balaban J connectivity index is 2.85. The van der Waals surface area contributed by atoms with Crippen molar-refractivity contribution in [1.29, 1.82) is 0 Å². The molecule has 0 spiro atoms. The molecule has 0 fully saturated rings. The number of benzene rings is 1. The second-order valence-corrected chi connectivity index (χ2v) is 3.96. The minimum absolute atomic E-state index is 0.0115. The lowest BCUT2D eigenvalue weighted by Crippen LogP contribution is -2.28. The number of primary amides is 1. The molecule has 1 aromatic rings. The Kier molecular flexibility index (Phi) is 5.20. The van der Waals surface area contributed by atoms with Gasteiger partial charge in [0.05, 0.1) is 6.54 Å². The number of carbonyl (C=O) groups excluding carboxylic acids is 2. The van der Waals surface area contributed by atoms with Gasteiger partial charge in [-0.3, -0.25) is 9.59 Å². The zero-order valence-corrected chi connectivity index (χ0v) is 10.6. The highest BCUT2D eigenvalue weighted by molar-refractivity contribution is 5.97. The number of anilines is 1. The normalized spacial score (nSPS) is 10.0. The third-order valence-corrected chi connectivity index (χ3v) is 2.48. The van der Waals surface area contributed by atoms with Crippen LogP contribution < -0.4 is 16.4 Å². The van der Waals surface area contributed by atoms with Crippen molar-refractivity contribution in [3.63, 3.8) is 0 Å². The Bertz CT molecular complexity index is 515. The standard InChI is InChI=1S/C13H16FN3O2/c1-3-4-16-7-12(18)17-11-6-9(13(15)19)5-10(14)8(11)2/h3,5-6,16H,1,4,7H2,2H3,(H2,15,19)(H,17,18). The molecule has 0 aromatic heterocycles. The van der Waals surface area contributed by atoms with E-state index in [9.17, 15) is 14.0 Å². The van der Waals surface area contributed by atoms with Crippen LogP contribution in [0.3, 0.4) is 0 Å². The van der Waals surface area contributed by atoms with E-state index in [1.807, 2.05) is 0 Å². The SMILES string of the molecule is C=CCNCC(=O)Nc1cc(C(N)=O)cc(F)c1C. The summed E-state index contributed by atoms with van der Waals surface area (Å²) in [5, 5.41) is 5.33. The molecule has 4 N–H and O–H groups in total. The molecule has 0 saturated carbocycles. The Morgan fingerprint density at radius 2 is 2.16 bits per heavy atom. The number of amides is 2. The van der Waals surface area contributed by atoms with Crippen LogP contribution in [0.4, 0.5) is 10.1 Å². The number of rotatable bonds is 6. The van der Waals surface area contributed by atoms with Crippen molar-refractivity contribution in [2.45, 2.75) is 6.92 Å². The van der Waals surface area contributed by atoms with Gasteiger partial charge in [0.15, 0.2) is 0 Å². The van der Waals surface area contributed by atoms with Gasteiger partial charge in [-0.2, -0.15) is 0 Å². The zero-order valence-electron chi connectivity index (χ0n) is 10.6. The lowest BCUT2D eigenvalue weighted by atomic mass is 10.1. The molecule has 0 bridgehead atoms. The minimum Gasteiger partial charge on any atom is -0.366 e. The highest BCUT2D eigenvalue weighted by atomic mass is 19.1. The van der Waals surface area contributed by atoms with Crippen molar-refractivity contribution < 1.29 is 14.0 Å². The van der Waals surface area contributed by atoms with Crippen LogP contribution in [0.25, 0.3) is 0 Å². The smallest absolute Gasteiger partial charge is 0.248 e. The van der Waals surface area contributed by atoms with Crippen LogP contribution in [0.1, 0.15) is 15.9 Å². The molecule has 6 heteroatoms. The number of nitrogens with one attached hydrogen (secondary N) is 2. The van der Waals surface area contributed by atoms with Crippen molar-refractivity contribution >= 4 is 17.5 Å². The van der Waals surface area contributed by atoms with Crippen molar-refractivity contribution in [1.82, 2.24) is 5.32 Å². The van der Waals surface area contributed by atoms with E-state index >= 15 is 0 Å². The Morgan fingerprint density at radius 1 is 1.47 bits per heavy atom. The molecular formula is C13H16FN3O2.